The molecule has 1 amide bonds. The van der Waals surface area contributed by atoms with Crippen LogP contribution in [-0.4, -0.2) is 38.3 Å². The Morgan fingerprint density at radius 1 is 1.47 bits per heavy atom. The molecule has 2 rings (SSSR count). The van der Waals surface area contributed by atoms with Gasteiger partial charge in [-0.05, 0) is 38.1 Å². The number of ether oxygens (including phenoxy) is 1. The lowest BCUT2D eigenvalue weighted by Gasteiger charge is -2.27. The van der Waals surface area contributed by atoms with E-state index in [1.54, 1.807) is 0 Å². The summed E-state index contributed by atoms with van der Waals surface area (Å²) >= 11 is 0. The summed E-state index contributed by atoms with van der Waals surface area (Å²) < 4.78 is 5.53. The van der Waals surface area contributed by atoms with E-state index in [0.29, 0.717) is 12.0 Å². The molecule has 0 aromatic carbocycles. The first-order valence-corrected chi connectivity index (χ1v) is 6.85. The molecule has 0 radical (unpaired) electrons. The van der Waals surface area contributed by atoms with Gasteiger partial charge in [-0.3, -0.25) is 4.79 Å². The second kappa shape index (κ2) is 6.36. The molecule has 3 atom stereocenters. The number of amides is 1. The average Bonchev–Trinajstić information content (AvgIpc) is 2.82. The molecule has 2 saturated heterocycles. The van der Waals surface area contributed by atoms with Crippen LogP contribution in [0.15, 0.2) is 0 Å². The van der Waals surface area contributed by atoms with Crippen LogP contribution in [0.3, 0.4) is 0 Å². The Hall–Kier alpha value is -0.610. The van der Waals surface area contributed by atoms with E-state index < -0.39 is 0 Å². The largest absolute Gasteiger partial charge is 0.378 e. The smallest absolute Gasteiger partial charge is 0.224 e. The van der Waals surface area contributed by atoms with Gasteiger partial charge in [0.2, 0.25) is 5.91 Å². The van der Waals surface area contributed by atoms with Crippen LogP contribution in [0.2, 0.25) is 0 Å². The fourth-order valence-electron chi connectivity index (χ4n) is 2.73. The first-order valence-electron chi connectivity index (χ1n) is 6.85. The number of hydrogen-bond donors (Lipinski definition) is 2. The summed E-state index contributed by atoms with van der Waals surface area (Å²) in [5.74, 6) is 0.975. The number of carbonyl (C=O) groups excluding carboxylic acids is 1. The molecule has 3 unspecified atom stereocenters. The van der Waals surface area contributed by atoms with Crippen molar-refractivity contribution in [3.8, 4) is 0 Å². The first-order chi connectivity index (χ1) is 8.25. The van der Waals surface area contributed by atoms with Gasteiger partial charge >= 0.3 is 0 Å². The fraction of sp³-hybridized carbons (Fsp3) is 0.923. The zero-order valence-corrected chi connectivity index (χ0v) is 10.7. The Labute approximate surface area is 103 Å². The molecule has 0 spiro atoms. The summed E-state index contributed by atoms with van der Waals surface area (Å²) in [4.78, 5) is 11.9. The van der Waals surface area contributed by atoms with E-state index >= 15 is 0 Å². The maximum atomic E-state index is 11.9. The summed E-state index contributed by atoms with van der Waals surface area (Å²) in [6, 6.07) is 0. The number of hydrogen-bond acceptors (Lipinski definition) is 3. The molecule has 4 heteroatoms. The van der Waals surface area contributed by atoms with Crippen molar-refractivity contribution in [2.75, 3.05) is 26.2 Å². The first kappa shape index (κ1) is 12.8. The van der Waals surface area contributed by atoms with Gasteiger partial charge in [0, 0.05) is 19.7 Å². The molecule has 2 aliphatic heterocycles. The van der Waals surface area contributed by atoms with E-state index in [1.165, 1.54) is 6.42 Å². The summed E-state index contributed by atoms with van der Waals surface area (Å²) in [6.07, 6.45) is 4.67. The van der Waals surface area contributed by atoms with E-state index in [1.807, 2.05) is 0 Å². The molecule has 0 bridgehead atoms. The van der Waals surface area contributed by atoms with Crippen LogP contribution in [0.1, 0.15) is 32.6 Å². The third-order valence-corrected chi connectivity index (χ3v) is 3.73. The standard InChI is InChI=1S/C13H24N2O2/c1-10-7-11(9-14-8-10)13(16)15-5-4-12-3-2-6-17-12/h10-12,14H,2-9H2,1H3,(H,15,16). The van der Waals surface area contributed by atoms with Crippen LogP contribution in [0, 0.1) is 11.8 Å². The van der Waals surface area contributed by atoms with Gasteiger partial charge in [0.15, 0.2) is 0 Å². The molecular weight excluding hydrogens is 216 g/mol. The molecule has 17 heavy (non-hydrogen) atoms. The summed E-state index contributed by atoms with van der Waals surface area (Å²) in [5.41, 5.74) is 0. The molecule has 2 N–H and O–H groups in total. The van der Waals surface area contributed by atoms with Crippen molar-refractivity contribution in [1.29, 1.82) is 0 Å². The van der Waals surface area contributed by atoms with E-state index in [-0.39, 0.29) is 11.8 Å². The predicted octanol–water partition coefficient (Wildman–Crippen LogP) is 0.917. The van der Waals surface area contributed by atoms with E-state index in [2.05, 4.69) is 17.6 Å². The van der Waals surface area contributed by atoms with Crippen molar-refractivity contribution in [3.63, 3.8) is 0 Å². The van der Waals surface area contributed by atoms with Gasteiger partial charge in [0.1, 0.15) is 0 Å². The van der Waals surface area contributed by atoms with Gasteiger partial charge in [0.05, 0.1) is 12.0 Å². The maximum absolute atomic E-state index is 11.9. The zero-order chi connectivity index (χ0) is 12.1. The van der Waals surface area contributed by atoms with Crippen molar-refractivity contribution in [2.45, 2.75) is 38.7 Å². The van der Waals surface area contributed by atoms with Crippen molar-refractivity contribution in [1.82, 2.24) is 10.6 Å². The van der Waals surface area contributed by atoms with Crippen LogP contribution in [-0.2, 0) is 9.53 Å². The fourth-order valence-corrected chi connectivity index (χ4v) is 2.73. The van der Waals surface area contributed by atoms with Crippen molar-refractivity contribution in [3.05, 3.63) is 0 Å². The van der Waals surface area contributed by atoms with Gasteiger partial charge in [0.25, 0.3) is 0 Å². The van der Waals surface area contributed by atoms with Crippen LogP contribution in [0.4, 0.5) is 0 Å². The van der Waals surface area contributed by atoms with Crippen LogP contribution >= 0.6 is 0 Å². The highest BCUT2D eigenvalue weighted by molar-refractivity contribution is 5.78. The maximum Gasteiger partial charge on any atom is 0.224 e. The minimum Gasteiger partial charge on any atom is -0.378 e. The van der Waals surface area contributed by atoms with Crippen LogP contribution < -0.4 is 10.6 Å². The van der Waals surface area contributed by atoms with Crippen LogP contribution in [0.25, 0.3) is 0 Å². The minimum absolute atomic E-state index is 0.156. The van der Waals surface area contributed by atoms with Gasteiger partial charge in [-0.25, -0.2) is 0 Å². The second-order valence-corrected chi connectivity index (χ2v) is 5.41. The molecule has 0 saturated carbocycles. The van der Waals surface area contributed by atoms with Crippen LogP contribution in [0.5, 0.6) is 0 Å². The monoisotopic (exact) mass is 240 g/mol. The number of piperidine rings is 1. The predicted molar refractivity (Wildman–Crippen MR) is 66.7 cm³/mol. The van der Waals surface area contributed by atoms with E-state index in [0.717, 1.165) is 45.5 Å². The lowest BCUT2D eigenvalue weighted by molar-refractivity contribution is -0.126. The van der Waals surface area contributed by atoms with Crippen molar-refractivity contribution < 1.29 is 9.53 Å². The molecular formula is C13H24N2O2. The number of carbonyl (C=O) groups is 1. The summed E-state index contributed by atoms with van der Waals surface area (Å²) in [6.45, 7) is 5.71. The van der Waals surface area contributed by atoms with Gasteiger partial charge < -0.3 is 15.4 Å². The Kier molecular flexibility index (Phi) is 4.80. The van der Waals surface area contributed by atoms with Gasteiger partial charge in [-0.2, -0.15) is 0 Å². The summed E-state index contributed by atoms with van der Waals surface area (Å²) in [5, 5.41) is 6.35. The van der Waals surface area contributed by atoms with E-state index in [9.17, 15) is 4.79 Å². The second-order valence-electron chi connectivity index (χ2n) is 5.41. The normalized spacial score (nSPS) is 33.6. The molecule has 4 nitrogen and oxygen atoms in total. The molecule has 0 aromatic heterocycles. The van der Waals surface area contributed by atoms with Crippen molar-refractivity contribution >= 4 is 5.91 Å². The highest BCUT2D eigenvalue weighted by atomic mass is 16.5. The quantitative estimate of drug-likeness (QED) is 0.768. The molecule has 2 aliphatic rings. The SMILES string of the molecule is CC1CNCC(C(=O)NCCC2CCCO2)C1. The third-order valence-electron chi connectivity index (χ3n) is 3.73. The number of nitrogens with one attached hydrogen (secondary N) is 2. The number of rotatable bonds is 4. The third kappa shape index (κ3) is 3.96. The Balaban J connectivity index is 1.62. The van der Waals surface area contributed by atoms with Gasteiger partial charge in [-0.1, -0.05) is 6.92 Å². The Morgan fingerprint density at radius 3 is 3.06 bits per heavy atom. The van der Waals surface area contributed by atoms with Crippen molar-refractivity contribution in [2.24, 2.45) is 11.8 Å². The van der Waals surface area contributed by atoms with E-state index in [4.69, 9.17) is 4.74 Å². The lowest BCUT2D eigenvalue weighted by Crippen LogP contribution is -2.43. The molecule has 98 valence electrons. The van der Waals surface area contributed by atoms with Gasteiger partial charge in [-0.15, -0.1) is 0 Å². The highest BCUT2D eigenvalue weighted by Gasteiger charge is 2.24. The Bertz CT molecular complexity index is 252. The lowest BCUT2D eigenvalue weighted by atomic mass is 9.91. The molecule has 2 fully saturated rings. The summed E-state index contributed by atoms with van der Waals surface area (Å²) in [7, 11) is 0. The Morgan fingerprint density at radius 2 is 2.35 bits per heavy atom. The molecule has 2 heterocycles. The highest BCUT2D eigenvalue weighted by Crippen LogP contribution is 2.17. The average molecular weight is 240 g/mol. The molecule has 0 aromatic rings. The topological polar surface area (TPSA) is 50.4 Å². The zero-order valence-electron chi connectivity index (χ0n) is 10.7. The molecule has 0 aliphatic carbocycles. The minimum atomic E-state index is 0.156.